The van der Waals surface area contributed by atoms with Crippen LogP contribution >= 0.6 is 0 Å². The van der Waals surface area contributed by atoms with E-state index in [1.807, 2.05) is 0 Å². The first-order chi connectivity index (χ1) is 9.40. The molecule has 0 amide bonds. The van der Waals surface area contributed by atoms with Gasteiger partial charge in [-0.25, -0.2) is 22.5 Å². The topological polar surface area (TPSA) is 101 Å². The van der Waals surface area contributed by atoms with Crippen LogP contribution in [0, 0.1) is 12.7 Å². The Bertz CT molecular complexity index is 675. The van der Waals surface area contributed by atoms with Crippen molar-refractivity contribution >= 4 is 15.7 Å². The smallest absolute Gasteiger partial charge is 0.240 e. The maximum Gasteiger partial charge on any atom is 0.240 e. The predicted molar refractivity (Wildman–Crippen MR) is 73.0 cm³/mol. The first-order valence-electron chi connectivity index (χ1n) is 5.93. The minimum atomic E-state index is -3.79. The summed E-state index contributed by atoms with van der Waals surface area (Å²) in [6.07, 6.45) is 3.65. The van der Waals surface area contributed by atoms with E-state index in [2.05, 4.69) is 14.7 Å². The van der Waals surface area contributed by atoms with Gasteiger partial charge in [0.2, 0.25) is 10.0 Å². The normalized spacial score (nSPS) is 11.7. The lowest BCUT2D eigenvalue weighted by Gasteiger charge is -2.09. The number of aromatic nitrogens is 2. The fraction of sp³-hybridized carbons (Fsp3) is 0.250. The number of imidazole rings is 1. The van der Waals surface area contributed by atoms with Gasteiger partial charge in [-0.05, 0) is 19.1 Å². The molecule has 1 aromatic carbocycles. The van der Waals surface area contributed by atoms with Crippen LogP contribution in [0.15, 0.2) is 29.4 Å². The Labute approximate surface area is 116 Å². The summed E-state index contributed by atoms with van der Waals surface area (Å²) in [6.45, 7) is 1.65. The van der Waals surface area contributed by atoms with Crippen molar-refractivity contribution in [2.24, 2.45) is 0 Å². The molecule has 0 atom stereocenters. The number of rotatable bonds is 5. The lowest BCUT2D eigenvalue weighted by atomic mass is 10.2. The molecule has 0 aliphatic heterocycles. The summed E-state index contributed by atoms with van der Waals surface area (Å²) in [4.78, 5) is 6.66. The lowest BCUT2D eigenvalue weighted by Crippen LogP contribution is -2.26. The average molecular weight is 298 g/mol. The summed E-state index contributed by atoms with van der Waals surface area (Å²) in [6, 6.07) is 2.20. The van der Waals surface area contributed by atoms with Gasteiger partial charge in [-0.2, -0.15) is 0 Å². The Morgan fingerprint density at radius 3 is 2.80 bits per heavy atom. The molecule has 0 saturated heterocycles. The quantitative estimate of drug-likeness (QED) is 0.716. The number of halogens is 1. The SMILES string of the molecule is Cc1c(N)cc(S(=O)(=O)NCCc2ncc[nH]2)cc1F. The van der Waals surface area contributed by atoms with E-state index in [0.717, 1.165) is 6.07 Å². The second kappa shape index (κ2) is 5.59. The van der Waals surface area contributed by atoms with Crippen LogP contribution in [0.5, 0.6) is 0 Å². The number of nitrogens with one attached hydrogen (secondary N) is 2. The molecule has 0 bridgehead atoms. The number of nitrogen functional groups attached to an aromatic ring is 1. The molecular weight excluding hydrogens is 283 g/mol. The highest BCUT2D eigenvalue weighted by Crippen LogP contribution is 2.20. The van der Waals surface area contributed by atoms with Crippen LogP contribution in [0.2, 0.25) is 0 Å². The molecular formula is C12H15FN4O2S. The number of anilines is 1. The third-order valence-corrected chi connectivity index (χ3v) is 4.32. The molecule has 1 aromatic heterocycles. The Morgan fingerprint density at radius 1 is 1.45 bits per heavy atom. The maximum atomic E-state index is 13.5. The average Bonchev–Trinajstić information content (AvgIpc) is 2.88. The Morgan fingerprint density at radius 2 is 2.20 bits per heavy atom. The third kappa shape index (κ3) is 3.14. The van der Waals surface area contributed by atoms with Crippen LogP contribution in [-0.4, -0.2) is 24.9 Å². The van der Waals surface area contributed by atoms with E-state index in [9.17, 15) is 12.8 Å². The van der Waals surface area contributed by atoms with Gasteiger partial charge in [-0.15, -0.1) is 0 Å². The van der Waals surface area contributed by atoms with E-state index in [1.165, 1.54) is 13.0 Å². The summed E-state index contributed by atoms with van der Waals surface area (Å²) in [5.74, 6) is 0.0266. The summed E-state index contributed by atoms with van der Waals surface area (Å²) in [7, 11) is -3.79. The molecule has 20 heavy (non-hydrogen) atoms. The molecule has 0 aliphatic carbocycles. The summed E-state index contributed by atoms with van der Waals surface area (Å²) in [5.41, 5.74) is 5.92. The zero-order valence-corrected chi connectivity index (χ0v) is 11.7. The predicted octanol–water partition coefficient (Wildman–Crippen LogP) is 0.960. The molecule has 2 aromatic rings. The Kier molecular flexibility index (Phi) is 4.05. The van der Waals surface area contributed by atoms with E-state index in [0.29, 0.717) is 12.2 Å². The van der Waals surface area contributed by atoms with Crippen molar-refractivity contribution in [1.29, 1.82) is 0 Å². The van der Waals surface area contributed by atoms with Gasteiger partial charge in [0.05, 0.1) is 4.90 Å². The van der Waals surface area contributed by atoms with Crippen molar-refractivity contribution < 1.29 is 12.8 Å². The number of hydrogen-bond donors (Lipinski definition) is 3. The van der Waals surface area contributed by atoms with Crippen molar-refractivity contribution in [2.45, 2.75) is 18.2 Å². The molecule has 8 heteroatoms. The molecule has 108 valence electrons. The van der Waals surface area contributed by atoms with Gasteiger partial charge in [0.25, 0.3) is 0 Å². The molecule has 0 spiro atoms. The summed E-state index contributed by atoms with van der Waals surface area (Å²) < 4.78 is 39.9. The van der Waals surface area contributed by atoms with Crippen molar-refractivity contribution in [1.82, 2.24) is 14.7 Å². The van der Waals surface area contributed by atoms with Crippen molar-refractivity contribution in [3.8, 4) is 0 Å². The zero-order chi connectivity index (χ0) is 14.8. The van der Waals surface area contributed by atoms with Gasteiger partial charge >= 0.3 is 0 Å². The van der Waals surface area contributed by atoms with Gasteiger partial charge in [-0.1, -0.05) is 0 Å². The molecule has 2 rings (SSSR count). The molecule has 0 saturated carbocycles. The van der Waals surface area contributed by atoms with E-state index in [-0.39, 0.29) is 22.7 Å². The second-order valence-corrected chi connectivity index (χ2v) is 6.07. The number of nitrogens with two attached hydrogens (primary N) is 1. The number of nitrogens with zero attached hydrogens (tertiary/aromatic N) is 1. The fourth-order valence-corrected chi connectivity index (χ4v) is 2.73. The zero-order valence-electron chi connectivity index (χ0n) is 10.9. The standard InChI is InChI=1S/C12H15FN4O2S/c1-8-10(13)6-9(7-11(8)14)20(18,19)17-3-2-12-15-4-5-16-12/h4-7,17H,2-3,14H2,1H3,(H,15,16). The minimum absolute atomic E-state index is 0.108. The molecule has 0 fully saturated rings. The van der Waals surface area contributed by atoms with Crippen LogP contribution in [-0.2, 0) is 16.4 Å². The van der Waals surface area contributed by atoms with Gasteiger partial charge in [0.15, 0.2) is 0 Å². The Balaban J connectivity index is 2.10. The molecule has 4 N–H and O–H groups in total. The maximum absolute atomic E-state index is 13.5. The minimum Gasteiger partial charge on any atom is -0.398 e. The van der Waals surface area contributed by atoms with E-state index in [1.54, 1.807) is 12.4 Å². The van der Waals surface area contributed by atoms with Crippen LogP contribution < -0.4 is 10.5 Å². The molecule has 0 unspecified atom stereocenters. The van der Waals surface area contributed by atoms with E-state index < -0.39 is 15.8 Å². The largest absolute Gasteiger partial charge is 0.398 e. The number of hydrogen-bond acceptors (Lipinski definition) is 4. The molecule has 0 aliphatic rings. The van der Waals surface area contributed by atoms with Crippen LogP contribution in [0.3, 0.4) is 0 Å². The monoisotopic (exact) mass is 298 g/mol. The van der Waals surface area contributed by atoms with Crippen molar-refractivity contribution in [3.63, 3.8) is 0 Å². The van der Waals surface area contributed by atoms with Crippen molar-refractivity contribution in [3.05, 3.63) is 41.7 Å². The molecule has 1 heterocycles. The molecule has 6 nitrogen and oxygen atoms in total. The van der Waals surface area contributed by atoms with Crippen LogP contribution in [0.25, 0.3) is 0 Å². The highest BCUT2D eigenvalue weighted by molar-refractivity contribution is 7.89. The Hall–Kier alpha value is -1.93. The first-order valence-corrected chi connectivity index (χ1v) is 7.42. The van der Waals surface area contributed by atoms with Gasteiger partial charge in [0.1, 0.15) is 11.6 Å². The van der Waals surface area contributed by atoms with E-state index in [4.69, 9.17) is 5.73 Å². The first kappa shape index (κ1) is 14.5. The third-order valence-electron chi connectivity index (χ3n) is 2.88. The summed E-state index contributed by atoms with van der Waals surface area (Å²) in [5, 5.41) is 0. The number of benzene rings is 1. The van der Waals surface area contributed by atoms with Gasteiger partial charge < -0.3 is 10.7 Å². The van der Waals surface area contributed by atoms with Crippen LogP contribution in [0.1, 0.15) is 11.4 Å². The van der Waals surface area contributed by atoms with Crippen LogP contribution in [0.4, 0.5) is 10.1 Å². The van der Waals surface area contributed by atoms with Gasteiger partial charge in [-0.3, -0.25) is 0 Å². The second-order valence-electron chi connectivity index (χ2n) is 4.30. The lowest BCUT2D eigenvalue weighted by molar-refractivity contribution is 0.576. The highest BCUT2D eigenvalue weighted by Gasteiger charge is 2.17. The molecule has 0 radical (unpaired) electrons. The summed E-state index contributed by atoms with van der Waals surface area (Å²) >= 11 is 0. The number of sulfonamides is 1. The highest BCUT2D eigenvalue weighted by atomic mass is 32.2. The fourth-order valence-electron chi connectivity index (χ4n) is 1.65. The van der Waals surface area contributed by atoms with Crippen molar-refractivity contribution in [2.75, 3.05) is 12.3 Å². The van der Waals surface area contributed by atoms with E-state index >= 15 is 0 Å². The number of H-pyrrole nitrogens is 1. The number of aromatic amines is 1. The van der Waals surface area contributed by atoms with Gasteiger partial charge in [0, 0.05) is 36.6 Å².